The molecule has 5 nitrogen and oxygen atoms in total. The summed E-state index contributed by atoms with van der Waals surface area (Å²) >= 11 is 0. The Morgan fingerprint density at radius 2 is 1.62 bits per heavy atom. The normalized spacial score (nSPS) is 49.8. The number of hydrogen-bond acceptors (Lipinski definition) is 5. The van der Waals surface area contributed by atoms with Crippen LogP contribution < -0.4 is 0 Å². The van der Waals surface area contributed by atoms with Crippen molar-refractivity contribution in [3.63, 3.8) is 0 Å². The Kier molecular flexibility index (Phi) is 6.30. The van der Waals surface area contributed by atoms with Gasteiger partial charge in [0, 0.05) is 37.5 Å². The SMILES string of the molecule is CC(=O)OC1C(N2CCCC2)CC2C3CCC4CCC(N5CCOCC5)CC4(C)C3CCC21C. The standard InChI is InChI=1S/C29H48N2O3/c1-20(32)34-27-26(31-12-4-5-13-31)18-25-23-9-7-21-6-8-22(30-14-16-33-17-15-30)19-29(21,3)24(23)10-11-28(25,27)2/h21-27H,4-19H2,1-3H3. The summed E-state index contributed by atoms with van der Waals surface area (Å²) in [6, 6.07) is 1.20. The van der Waals surface area contributed by atoms with E-state index in [1.807, 2.05) is 0 Å². The van der Waals surface area contributed by atoms with E-state index in [4.69, 9.17) is 9.47 Å². The number of nitrogens with zero attached hydrogens (tertiary/aromatic N) is 2. The fourth-order valence-corrected chi connectivity index (χ4v) is 10.4. The summed E-state index contributed by atoms with van der Waals surface area (Å²) in [5, 5.41) is 0. The lowest BCUT2D eigenvalue weighted by Crippen LogP contribution is -2.57. The molecule has 9 unspecified atom stereocenters. The molecule has 0 aromatic rings. The van der Waals surface area contributed by atoms with Crippen LogP contribution in [0.1, 0.15) is 85.0 Å². The van der Waals surface area contributed by atoms with Crippen molar-refractivity contribution in [1.29, 1.82) is 0 Å². The van der Waals surface area contributed by atoms with Crippen molar-refractivity contribution in [2.75, 3.05) is 39.4 Å². The molecule has 0 aromatic heterocycles. The van der Waals surface area contributed by atoms with Crippen LogP contribution in [-0.4, -0.2) is 73.3 Å². The highest BCUT2D eigenvalue weighted by Gasteiger charge is 2.64. The van der Waals surface area contributed by atoms with Crippen molar-refractivity contribution in [1.82, 2.24) is 9.80 Å². The largest absolute Gasteiger partial charge is 0.460 e. The minimum absolute atomic E-state index is 0.0745. The van der Waals surface area contributed by atoms with Crippen molar-refractivity contribution in [2.45, 2.75) is 103 Å². The number of carbonyl (C=O) groups is 1. The molecule has 0 aromatic carbocycles. The molecular formula is C29H48N2O3. The second-order valence-electron chi connectivity index (χ2n) is 13.4. The number of carbonyl (C=O) groups excluding carboxylic acids is 1. The van der Waals surface area contributed by atoms with Gasteiger partial charge in [-0.2, -0.15) is 0 Å². The molecule has 0 amide bonds. The number of likely N-dealkylation sites (tertiary alicyclic amines) is 1. The molecule has 192 valence electrons. The summed E-state index contributed by atoms with van der Waals surface area (Å²) in [6.07, 6.45) is 13.6. The summed E-state index contributed by atoms with van der Waals surface area (Å²) in [7, 11) is 0. The lowest BCUT2D eigenvalue weighted by Gasteiger charge is -2.61. The highest BCUT2D eigenvalue weighted by atomic mass is 16.5. The molecule has 0 radical (unpaired) electrons. The number of ether oxygens (including phenoxy) is 2. The van der Waals surface area contributed by atoms with Crippen molar-refractivity contribution in [3.8, 4) is 0 Å². The summed E-state index contributed by atoms with van der Waals surface area (Å²) < 4.78 is 11.9. The van der Waals surface area contributed by atoms with Gasteiger partial charge in [0.2, 0.25) is 0 Å². The highest BCUT2D eigenvalue weighted by Crippen LogP contribution is 2.67. The smallest absolute Gasteiger partial charge is 0.302 e. The number of fused-ring (bicyclic) bond motifs is 5. The lowest BCUT2D eigenvalue weighted by atomic mass is 9.45. The second-order valence-corrected chi connectivity index (χ2v) is 13.4. The molecule has 6 aliphatic rings. The predicted molar refractivity (Wildman–Crippen MR) is 133 cm³/mol. The zero-order valence-electron chi connectivity index (χ0n) is 22.0. The van der Waals surface area contributed by atoms with Crippen molar-refractivity contribution >= 4 is 5.97 Å². The molecule has 4 saturated carbocycles. The summed E-state index contributed by atoms with van der Waals surface area (Å²) in [6.45, 7) is 13.3. The summed E-state index contributed by atoms with van der Waals surface area (Å²) in [4.78, 5) is 17.7. The van der Waals surface area contributed by atoms with E-state index in [2.05, 4.69) is 23.6 Å². The first-order valence-electron chi connectivity index (χ1n) is 14.6. The van der Waals surface area contributed by atoms with Gasteiger partial charge in [0.05, 0.1) is 13.2 Å². The maximum atomic E-state index is 12.2. The van der Waals surface area contributed by atoms with Gasteiger partial charge in [-0.25, -0.2) is 0 Å². The first-order valence-corrected chi connectivity index (χ1v) is 14.6. The van der Waals surface area contributed by atoms with Crippen LogP contribution in [0.25, 0.3) is 0 Å². The van der Waals surface area contributed by atoms with Gasteiger partial charge in [0.15, 0.2) is 0 Å². The van der Waals surface area contributed by atoms with Gasteiger partial charge in [0.25, 0.3) is 0 Å². The van der Waals surface area contributed by atoms with Gasteiger partial charge < -0.3 is 9.47 Å². The average molecular weight is 473 g/mol. The molecule has 0 bridgehead atoms. The zero-order valence-corrected chi connectivity index (χ0v) is 22.0. The minimum atomic E-state index is -0.0745. The number of hydrogen-bond donors (Lipinski definition) is 0. The van der Waals surface area contributed by atoms with Crippen LogP contribution in [-0.2, 0) is 14.3 Å². The fourth-order valence-electron chi connectivity index (χ4n) is 10.4. The van der Waals surface area contributed by atoms with E-state index in [0.29, 0.717) is 17.4 Å². The topological polar surface area (TPSA) is 42.0 Å². The van der Waals surface area contributed by atoms with Crippen LogP contribution in [0.5, 0.6) is 0 Å². The summed E-state index contributed by atoms with van der Waals surface area (Å²) in [5.74, 6) is 3.21. The molecule has 34 heavy (non-hydrogen) atoms. The molecule has 0 spiro atoms. The third-order valence-electron chi connectivity index (χ3n) is 12.0. The van der Waals surface area contributed by atoms with Crippen LogP contribution >= 0.6 is 0 Å². The van der Waals surface area contributed by atoms with Gasteiger partial charge in [-0.1, -0.05) is 13.8 Å². The zero-order chi connectivity index (χ0) is 23.5. The third-order valence-corrected chi connectivity index (χ3v) is 12.0. The Morgan fingerprint density at radius 3 is 2.35 bits per heavy atom. The molecule has 6 fully saturated rings. The minimum Gasteiger partial charge on any atom is -0.460 e. The van der Waals surface area contributed by atoms with Gasteiger partial charge >= 0.3 is 5.97 Å². The molecule has 2 aliphatic heterocycles. The number of esters is 1. The Hall–Kier alpha value is -0.650. The number of morpholine rings is 1. The predicted octanol–water partition coefficient (Wildman–Crippen LogP) is 4.74. The van der Waals surface area contributed by atoms with Crippen molar-refractivity contribution < 1.29 is 14.3 Å². The van der Waals surface area contributed by atoms with E-state index in [1.54, 1.807) is 6.92 Å². The first-order chi connectivity index (χ1) is 16.4. The average Bonchev–Trinajstić information content (AvgIpc) is 3.45. The summed E-state index contributed by atoms with van der Waals surface area (Å²) in [5.41, 5.74) is 0.635. The van der Waals surface area contributed by atoms with Crippen molar-refractivity contribution in [3.05, 3.63) is 0 Å². The molecule has 9 atom stereocenters. The maximum absolute atomic E-state index is 12.2. The molecular weight excluding hydrogens is 424 g/mol. The molecule has 6 rings (SSSR count). The van der Waals surface area contributed by atoms with Crippen LogP contribution in [0.15, 0.2) is 0 Å². The van der Waals surface area contributed by atoms with Crippen LogP contribution in [0, 0.1) is 34.5 Å². The van der Waals surface area contributed by atoms with Crippen molar-refractivity contribution in [2.24, 2.45) is 34.5 Å². The van der Waals surface area contributed by atoms with Crippen LogP contribution in [0.2, 0.25) is 0 Å². The fraction of sp³-hybridized carbons (Fsp3) is 0.966. The molecule has 4 aliphatic carbocycles. The van der Waals surface area contributed by atoms with Gasteiger partial charge in [-0.15, -0.1) is 0 Å². The Balaban J connectivity index is 1.26. The molecule has 2 heterocycles. The lowest BCUT2D eigenvalue weighted by molar-refractivity contribution is -0.166. The van der Waals surface area contributed by atoms with E-state index in [1.165, 1.54) is 77.3 Å². The Bertz CT molecular complexity index is 762. The van der Waals surface area contributed by atoms with E-state index in [-0.39, 0.29) is 17.5 Å². The molecule has 5 heteroatoms. The number of rotatable bonds is 3. The Labute approximate surface area is 207 Å². The highest BCUT2D eigenvalue weighted by molar-refractivity contribution is 5.66. The monoisotopic (exact) mass is 472 g/mol. The van der Waals surface area contributed by atoms with E-state index in [0.717, 1.165) is 50.1 Å². The van der Waals surface area contributed by atoms with Gasteiger partial charge in [-0.3, -0.25) is 14.6 Å². The third kappa shape index (κ3) is 3.78. The molecule has 0 N–H and O–H groups in total. The van der Waals surface area contributed by atoms with Gasteiger partial charge in [0.1, 0.15) is 6.10 Å². The maximum Gasteiger partial charge on any atom is 0.302 e. The molecule has 2 saturated heterocycles. The van der Waals surface area contributed by atoms with Crippen LogP contribution in [0.3, 0.4) is 0 Å². The van der Waals surface area contributed by atoms with Crippen LogP contribution in [0.4, 0.5) is 0 Å². The van der Waals surface area contributed by atoms with E-state index < -0.39 is 0 Å². The second kappa shape index (κ2) is 9.03. The Morgan fingerprint density at radius 1 is 0.882 bits per heavy atom. The van der Waals surface area contributed by atoms with E-state index in [9.17, 15) is 4.79 Å². The van der Waals surface area contributed by atoms with Gasteiger partial charge in [-0.05, 0) is 106 Å². The van der Waals surface area contributed by atoms with E-state index >= 15 is 0 Å². The quantitative estimate of drug-likeness (QED) is 0.555. The first kappa shape index (κ1) is 23.7.